The summed E-state index contributed by atoms with van der Waals surface area (Å²) < 4.78 is 5.41. The topological polar surface area (TPSA) is 99.8 Å². The number of hydrogen-bond donors (Lipinski definition) is 3. The lowest BCUT2D eigenvalue weighted by atomic mass is 9.98. The van der Waals surface area contributed by atoms with E-state index in [9.17, 15) is 14.4 Å². The minimum atomic E-state index is -0.584. The summed E-state index contributed by atoms with van der Waals surface area (Å²) in [5, 5.41) is 8.31. The van der Waals surface area contributed by atoms with E-state index in [-0.39, 0.29) is 17.8 Å². The zero-order valence-electron chi connectivity index (χ0n) is 22.0. The van der Waals surface area contributed by atoms with Gasteiger partial charge in [-0.1, -0.05) is 55.5 Å². The molecule has 0 aliphatic carbocycles. The first-order valence-electron chi connectivity index (χ1n) is 12.8. The second kappa shape index (κ2) is 12.3. The lowest BCUT2D eigenvalue weighted by Gasteiger charge is -2.26. The minimum Gasteiger partial charge on any atom is -0.497 e. The fraction of sp³-hybridized carbons (Fsp3) is 0.300. The molecule has 3 aromatic rings. The highest BCUT2D eigenvalue weighted by atomic mass is 16.5. The maximum Gasteiger partial charge on any atom is 0.314 e. The normalized spacial score (nSPS) is 14.8. The average Bonchev–Trinajstić information content (AvgIpc) is 3.08. The predicted molar refractivity (Wildman–Crippen MR) is 148 cm³/mol. The number of fused-ring (bicyclic) bond motifs is 1. The van der Waals surface area contributed by atoms with Crippen molar-refractivity contribution in [3.05, 3.63) is 83.4 Å². The fourth-order valence-corrected chi connectivity index (χ4v) is 4.67. The van der Waals surface area contributed by atoms with Gasteiger partial charge < -0.3 is 25.6 Å². The van der Waals surface area contributed by atoms with E-state index in [4.69, 9.17) is 4.74 Å². The van der Waals surface area contributed by atoms with Crippen LogP contribution in [0, 0.1) is 0 Å². The molecule has 1 aliphatic rings. The smallest absolute Gasteiger partial charge is 0.314 e. The maximum absolute atomic E-state index is 13.6. The molecular weight excluding hydrogens is 480 g/mol. The van der Waals surface area contributed by atoms with Gasteiger partial charge in [0.25, 0.3) is 0 Å². The Morgan fingerprint density at radius 2 is 1.82 bits per heavy atom. The second-order valence-electron chi connectivity index (χ2n) is 9.22. The van der Waals surface area contributed by atoms with Gasteiger partial charge in [0, 0.05) is 25.7 Å². The number of carbonyl (C=O) groups excluding carboxylic acids is 3. The summed E-state index contributed by atoms with van der Waals surface area (Å²) in [7, 11) is 3.21. The molecule has 0 fully saturated rings. The molecule has 0 bridgehead atoms. The molecule has 0 aromatic heterocycles. The van der Waals surface area contributed by atoms with Crippen molar-refractivity contribution >= 4 is 23.5 Å². The third kappa shape index (κ3) is 6.14. The molecule has 0 spiro atoms. The number of nitrogens with one attached hydrogen (secondary N) is 3. The molecule has 0 saturated carbocycles. The summed E-state index contributed by atoms with van der Waals surface area (Å²) in [6, 6.07) is 20.9. The molecule has 3 N–H and O–H groups in total. The fourth-order valence-electron chi connectivity index (χ4n) is 4.67. The van der Waals surface area contributed by atoms with Crippen LogP contribution in [0.2, 0.25) is 0 Å². The molecule has 1 atom stereocenters. The number of ether oxygens (including phenoxy) is 1. The van der Waals surface area contributed by atoms with E-state index in [0.717, 1.165) is 39.3 Å². The molecule has 8 nitrogen and oxygen atoms in total. The monoisotopic (exact) mass is 514 g/mol. The van der Waals surface area contributed by atoms with Gasteiger partial charge in [-0.3, -0.25) is 9.59 Å². The molecule has 198 valence electrons. The minimum absolute atomic E-state index is 0.120. The standard InChI is InChI=1S/C30H34N4O4/c1-4-28(35)33-26-15-13-22-17-24(38-3)14-16-27(22)34(29(26)36)19-20-9-11-21(12-10-20)25-8-6-5-7-23(25)18-32-30(37)31-2/h5-12,14,16-17,26H,4,13,15,18-19H2,1-3H3,(H,33,35)(H2,31,32,37)/t26-/m1/s1. The van der Waals surface area contributed by atoms with E-state index in [0.29, 0.717) is 32.4 Å². The number of amides is 4. The molecule has 0 saturated heterocycles. The van der Waals surface area contributed by atoms with Crippen LogP contribution in [0.15, 0.2) is 66.7 Å². The third-order valence-corrected chi connectivity index (χ3v) is 6.79. The number of benzene rings is 3. The number of methoxy groups -OCH3 is 1. The number of hydrogen-bond acceptors (Lipinski definition) is 4. The average molecular weight is 515 g/mol. The van der Waals surface area contributed by atoms with Gasteiger partial charge in [0.1, 0.15) is 11.8 Å². The molecule has 3 aromatic carbocycles. The number of nitrogens with zero attached hydrogens (tertiary/aromatic N) is 1. The molecule has 0 unspecified atom stereocenters. The van der Waals surface area contributed by atoms with Crippen molar-refractivity contribution in [1.82, 2.24) is 16.0 Å². The first-order valence-corrected chi connectivity index (χ1v) is 12.8. The van der Waals surface area contributed by atoms with E-state index in [2.05, 4.69) is 16.0 Å². The molecule has 38 heavy (non-hydrogen) atoms. The van der Waals surface area contributed by atoms with Gasteiger partial charge >= 0.3 is 6.03 Å². The molecule has 1 heterocycles. The van der Waals surface area contributed by atoms with E-state index in [1.54, 1.807) is 26.0 Å². The summed E-state index contributed by atoms with van der Waals surface area (Å²) in [6.45, 7) is 2.56. The Bertz CT molecular complexity index is 1310. The highest BCUT2D eigenvalue weighted by Gasteiger charge is 2.31. The highest BCUT2D eigenvalue weighted by molar-refractivity contribution is 6.00. The number of rotatable bonds is 8. The zero-order chi connectivity index (χ0) is 27.1. The summed E-state index contributed by atoms with van der Waals surface area (Å²) in [6.07, 6.45) is 1.51. The van der Waals surface area contributed by atoms with Crippen LogP contribution >= 0.6 is 0 Å². The van der Waals surface area contributed by atoms with Crippen LogP contribution in [0.5, 0.6) is 5.75 Å². The maximum atomic E-state index is 13.6. The van der Waals surface area contributed by atoms with E-state index < -0.39 is 6.04 Å². The molecule has 4 amide bonds. The Labute approximate surface area is 223 Å². The summed E-state index contributed by atoms with van der Waals surface area (Å²) >= 11 is 0. The van der Waals surface area contributed by atoms with Crippen LogP contribution in [-0.2, 0) is 29.1 Å². The van der Waals surface area contributed by atoms with Gasteiger partial charge in [0.05, 0.1) is 13.7 Å². The van der Waals surface area contributed by atoms with Gasteiger partial charge in [0.2, 0.25) is 11.8 Å². The molecule has 0 radical (unpaired) electrons. The quantitative estimate of drug-likeness (QED) is 0.420. The van der Waals surface area contributed by atoms with Crippen molar-refractivity contribution in [2.24, 2.45) is 0 Å². The second-order valence-corrected chi connectivity index (χ2v) is 9.22. The third-order valence-electron chi connectivity index (χ3n) is 6.79. The van der Waals surface area contributed by atoms with E-state index >= 15 is 0 Å². The van der Waals surface area contributed by atoms with E-state index in [1.807, 2.05) is 66.7 Å². The largest absolute Gasteiger partial charge is 0.497 e. The molecular formula is C30H34N4O4. The molecule has 4 rings (SSSR count). The predicted octanol–water partition coefficient (Wildman–Crippen LogP) is 4.17. The van der Waals surface area contributed by atoms with Gasteiger partial charge in [-0.2, -0.15) is 0 Å². The number of carbonyl (C=O) groups is 3. The Kier molecular flexibility index (Phi) is 8.63. The van der Waals surface area contributed by atoms with Crippen LogP contribution in [0.4, 0.5) is 10.5 Å². The van der Waals surface area contributed by atoms with E-state index in [1.165, 1.54) is 0 Å². The van der Waals surface area contributed by atoms with Crippen molar-refractivity contribution in [3.63, 3.8) is 0 Å². The van der Waals surface area contributed by atoms with Gasteiger partial charge in [-0.25, -0.2) is 4.79 Å². The summed E-state index contributed by atoms with van der Waals surface area (Å²) in [5.41, 5.74) is 5.86. The Balaban J connectivity index is 1.60. The van der Waals surface area contributed by atoms with Crippen molar-refractivity contribution in [1.29, 1.82) is 0 Å². The van der Waals surface area contributed by atoms with Crippen molar-refractivity contribution in [3.8, 4) is 16.9 Å². The summed E-state index contributed by atoms with van der Waals surface area (Å²) in [4.78, 5) is 39.2. The van der Waals surface area contributed by atoms with Crippen LogP contribution in [0.25, 0.3) is 11.1 Å². The first-order chi connectivity index (χ1) is 18.4. The highest BCUT2D eigenvalue weighted by Crippen LogP contribution is 2.32. The number of aryl methyl sites for hydroxylation is 1. The Morgan fingerprint density at radius 1 is 1.05 bits per heavy atom. The van der Waals surface area contributed by atoms with Crippen LogP contribution in [0.3, 0.4) is 0 Å². The molecule has 1 aliphatic heterocycles. The van der Waals surface area contributed by atoms with Gasteiger partial charge in [-0.05, 0) is 58.9 Å². The zero-order valence-corrected chi connectivity index (χ0v) is 22.0. The number of anilines is 1. The van der Waals surface area contributed by atoms with Gasteiger partial charge in [-0.15, -0.1) is 0 Å². The lowest BCUT2D eigenvalue weighted by Crippen LogP contribution is -2.47. The van der Waals surface area contributed by atoms with Crippen molar-refractivity contribution < 1.29 is 19.1 Å². The van der Waals surface area contributed by atoms with Crippen LogP contribution in [-0.4, -0.2) is 38.0 Å². The number of urea groups is 1. The van der Waals surface area contributed by atoms with Crippen molar-refractivity contribution in [2.45, 2.75) is 45.3 Å². The Hall–Kier alpha value is -4.33. The Morgan fingerprint density at radius 3 is 2.53 bits per heavy atom. The van der Waals surface area contributed by atoms with Crippen molar-refractivity contribution in [2.75, 3.05) is 19.1 Å². The SMILES string of the molecule is CCC(=O)N[C@@H]1CCc2cc(OC)ccc2N(Cc2ccc(-c3ccccc3CNC(=O)NC)cc2)C1=O. The van der Waals surface area contributed by atoms with Crippen LogP contribution < -0.4 is 25.6 Å². The van der Waals surface area contributed by atoms with Gasteiger partial charge in [0.15, 0.2) is 0 Å². The van der Waals surface area contributed by atoms with Crippen LogP contribution in [0.1, 0.15) is 36.5 Å². The molecule has 8 heteroatoms. The first kappa shape index (κ1) is 26.7. The summed E-state index contributed by atoms with van der Waals surface area (Å²) in [5.74, 6) is 0.479. The lowest BCUT2D eigenvalue weighted by molar-refractivity contribution is -0.127.